The molecule has 0 radical (unpaired) electrons. The first-order valence-electron chi connectivity index (χ1n) is 12.2. The largest absolute Gasteiger partial charge is 0.493 e. The predicted molar refractivity (Wildman–Crippen MR) is 146 cm³/mol. The van der Waals surface area contributed by atoms with Gasteiger partial charge in [-0.1, -0.05) is 13.0 Å². The highest BCUT2D eigenvalue weighted by Gasteiger charge is 2.33. The number of rotatable bonds is 10. The van der Waals surface area contributed by atoms with Crippen molar-refractivity contribution in [3.05, 3.63) is 47.0 Å². The summed E-state index contributed by atoms with van der Waals surface area (Å²) < 4.78 is 41.0. The van der Waals surface area contributed by atoms with Crippen LogP contribution >= 0.6 is 11.3 Å². The number of aromatic nitrogens is 1. The molecule has 1 aliphatic rings. The van der Waals surface area contributed by atoms with Crippen LogP contribution in [0.2, 0.25) is 0 Å². The highest BCUT2D eigenvalue weighted by atomic mass is 32.2. The van der Waals surface area contributed by atoms with Crippen LogP contribution in [0.3, 0.4) is 0 Å². The van der Waals surface area contributed by atoms with Gasteiger partial charge in [0.25, 0.3) is 16.0 Å². The molecule has 8 nitrogen and oxygen atoms in total. The number of hydrogen-bond acceptors (Lipinski definition) is 7. The summed E-state index contributed by atoms with van der Waals surface area (Å²) in [5, 5.41) is 2.03. The highest BCUT2D eigenvalue weighted by Crippen LogP contribution is 2.45. The van der Waals surface area contributed by atoms with Crippen molar-refractivity contribution < 1.29 is 26.9 Å². The lowest BCUT2D eigenvalue weighted by atomic mass is 9.95. The molecule has 0 saturated heterocycles. The third-order valence-electron chi connectivity index (χ3n) is 7.07. The van der Waals surface area contributed by atoms with Crippen LogP contribution in [0.1, 0.15) is 43.2 Å². The minimum absolute atomic E-state index is 0.0118. The van der Waals surface area contributed by atoms with Gasteiger partial charge in [0.2, 0.25) is 0 Å². The van der Waals surface area contributed by atoms with Crippen molar-refractivity contribution in [2.24, 2.45) is 0 Å². The summed E-state index contributed by atoms with van der Waals surface area (Å²) in [6.07, 6.45) is 2.58. The van der Waals surface area contributed by atoms with E-state index in [0.29, 0.717) is 23.7 Å². The normalized spacial score (nSPS) is 13.1. The van der Waals surface area contributed by atoms with Crippen molar-refractivity contribution in [3.8, 4) is 33.2 Å². The Morgan fingerprint density at radius 3 is 2.54 bits per heavy atom. The van der Waals surface area contributed by atoms with Crippen LogP contribution in [-0.4, -0.2) is 63.0 Å². The fourth-order valence-corrected chi connectivity index (χ4v) is 5.54. The number of hydrogen-bond donors (Lipinski definition) is 0. The van der Waals surface area contributed by atoms with Gasteiger partial charge in [0.05, 0.1) is 19.1 Å². The van der Waals surface area contributed by atoms with Crippen molar-refractivity contribution in [2.75, 3.05) is 33.6 Å². The summed E-state index contributed by atoms with van der Waals surface area (Å²) in [7, 11) is -0.114. The molecule has 1 aromatic carbocycles. The Morgan fingerprint density at radius 1 is 1.16 bits per heavy atom. The maximum absolute atomic E-state index is 13.7. The molecule has 200 valence electrons. The van der Waals surface area contributed by atoms with E-state index >= 15 is 0 Å². The van der Waals surface area contributed by atoms with Crippen molar-refractivity contribution in [2.45, 2.75) is 45.7 Å². The Bertz CT molecular complexity index is 1390. The molecule has 0 spiro atoms. The van der Waals surface area contributed by atoms with Gasteiger partial charge < -0.3 is 18.9 Å². The van der Waals surface area contributed by atoms with Gasteiger partial charge in [0, 0.05) is 35.1 Å². The van der Waals surface area contributed by atoms with Crippen molar-refractivity contribution in [1.29, 1.82) is 0 Å². The summed E-state index contributed by atoms with van der Waals surface area (Å²) >= 11 is 1.63. The van der Waals surface area contributed by atoms with Gasteiger partial charge in [0.15, 0.2) is 11.5 Å². The molecular weight excluding hydrogens is 512 g/mol. The van der Waals surface area contributed by atoms with E-state index in [2.05, 4.69) is 31.4 Å². The summed E-state index contributed by atoms with van der Waals surface area (Å²) in [5.74, 6) is 1.04. The molecular formula is C27H34N2O6S2. The first-order valence-corrected chi connectivity index (χ1v) is 14.9. The zero-order chi connectivity index (χ0) is 27.0. The Morgan fingerprint density at radius 2 is 1.92 bits per heavy atom. The minimum atomic E-state index is -3.55. The Kier molecular flexibility index (Phi) is 7.73. The molecule has 1 amide bonds. The molecule has 4 rings (SSSR count). The predicted octanol–water partition coefficient (Wildman–Crippen LogP) is 5.06. The zero-order valence-corrected chi connectivity index (χ0v) is 23.8. The third-order valence-corrected chi connectivity index (χ3v) is 8.57. The fourth-order valence-electron chi connectivity index (χ4n) is 4.42. The van der Waals surface area contributed by atoms with Crippen LogP contribution < -0.4 is 9.47 Å². The first kappa shape index (κ1) is 27.2. The molecule has 0 N–H and O–H groups in total. The van der Waals surface area contributed by atoms with Gasteiger partial charge >= 0.3 is 0 Å². The Labute approximate surface area is 222 Å². The maximum atomic E-state index is 13.7. The summed E-state index contributed by atoms with van der Waals surface area (Å²) in [4.78, 5) is 16.6. The smallest absolute Gasteiger partial charge is 0.270 e. The van der Waals surface area contributed by atoms with E-state index in [1.54, 1.807) is 18.4 Å². The molecule has 0 atom stereocenters. The SMILES string of the molecule is CCC(C)(C)N(C)C(=O)c1cc(-c2cccs2)c2n1CCc1cc(OC)c(OCCOS(C)(=O)=O)cc1-2. The number of amides is 1. The van der Waals surface area contributed by atoms with E-state index in [1.165, 1.54) is 0 Å². The maximum Gasteiger partial charge on any atom is 0.270 e. The molecule has 0 fully saturated rings. The molecule has 3 aromatic rings. The second kappa shape index (κ2) is 10.5. The fraction of sp³-hybridized carbons (Fsp3) is 0.444. The average molecular weight is 547 g/mol. The van der Waals surface area contributed by atoms with Crippen molar-refractivity contribution in [1.82, 2.24) is 9.47 Å². The first-order chi connectivity index (χ1) is 17.5. The monoisotopic (exact) mass is 546 g/mol. The van der Waals surface area contributed by atoms with Gasteiger partial charge in [-0.25, -0.2) is 0 Å². The number of benzene rings is 1. The quantitative estimate of drug-likeness (QED) is 0.261. The van der Waals surface area contributed by atoms with E-state index in [4.69, 9.17) is 13.7 Å². The van der Waals surface area contributed by atoms with E-state index in [1.807, 2.05) is 41.6 Å². The molecule has 3 heterocycles. The molecule has 37 heavy (non-hydrogen) atoms. The molecule has 0 bridgehead atoms. The minimum Gasteiger partial charge on any atom is -0.493 e. The van der Waals surface area contributed by atoms with Crippen molar-refractivity contribution >= 4 is 27.4 Å². The number of carbonyl (C=O) groups is 1. The van der Waals surface area contributed by atoms with E-state index in [9.17, 15) is 13.2 Å². The zero-order valence-electron chi connectivity index (χ0n) is 22.2. The second-order valence-electron chi connectivity index (χ2n) is 9.74. The number of thiophene rings is 1. The summed E-state index contributed by atoms with van der Waals surface area (Å²) in [5.41, 5.74) is 4.41. The van der Waals surface area contributed by atoms with Gasteiger partial charge in [0.1, 0.15) is 18.9 Å². The van der Waals surface area contributed by atoms with Crippen molar-refractivity contribution in [3.63, 3.8) is 0 Å². The van der Waals surface area contributed by atoms with Crippen LogP contribution in [-0.2, 0) is 27.3 Å². The van der Waals surface area contributed by atoms with Gasteiger partial charge in [-0.05, 0) is 61.9 Å². The molecule has 0 aliphatic carbocycles. The molecule has 0 saturated carbocycles. The summed E-state index contributed by atoms with van der Waals surface area (Å²) in [6.45, 7) is 6.84. The lowest BCUT2D eigenvalue weighted by molar-refractivity contribution is 0.0609. The molecule has 2 aromatic heterocycles. The molecule has 10 heteroatoms. The van der Waals surface area contributed by atoms with Crippen LogP contribution in [0.5, 0.6) is 11.5 Å². The number of carbonyl (C=O) groups excluding carboxylic acids is 1. The van der Waals surface area contributed by atoms with Crippen LogP contribution in [0.15, 0.2) is 35.7 Å². The summed E-state index contributed by atoms with van der Waals surface area (Å²) in [6, 6.07) is 9.96. The van der Waals surface area contributed by atoms with Crippen LogP contribution in [0.4, 0.5) is 0 Å². The lowest BCUT2D eigenvalue weighted by Crippen LogP contribution is -2.45. The topological polar surface area (TPSA) is 87.1 Å². The highest BCUT2D eigenvalue weighted by molar-refractivity contribution is 7.85. The van der Waals surface area contributed by atoms with E-state index in [-0.39, 0.29) is 24.7 Å². The van der Waals surface area contributed by atoms with E-state index in [0.717, 1.165) is 46.4 Å². The number of ether oxygens (including phenoxy) is 2. The third kappa shape index (κ3) is 5.56. The van der Waals surface area contributed by atoms with Gasteiger partial charge in [-0.3, -0.25) is 8.98 Å². The standard InChI is InChI=1S/C27H34N2O6S2/c1-7-27(2,3)28(4)26(30)21-16-20(24-9-8-14-36-24)25-19-17-23(34-12-13-35-37(6,31)32)22(33-5)15-18(19)10-11-29(21)25/h8-9,14-17H,7,10-13H2,1-6H3. The molecule has 0 unspecified atom stereocenters. The number of methoxy groups -OCH3 is 1. The Balaban J connectivity index is 1.80. The Hall–Kier alpha value is -2.82. The van der Waals surface area contributed by atoms with Crippen LogP contribution in [0, 0.1) is 0 Å². The average Bonchev–Trinajstić information content (AvgIpc) is 3.52. The van der Waals surface area contributed by atoms with Crippen LogP contribution in [0.25, 0.3) is 21.7 Å². The number of aryl methyl sites for hydroxylation is 1. The number of fused-ring (bicyclic) bond motifs is 3. The van der Waals surface area contributed by atoms with Gasteiger partial charge in [-0.2, -0.15) is 8.42 Å². The van der Waals surface area contributed by atoms with E-state index < -0.39 is 10.1 Å². The molecule has 1 aliphatic heterocycles. The van der Waals surface area contributed by atoms with Gasteiger partial charge in [-0.15, -0.1) is 11.3 Å². The number of nitrogens with zero attached hydrogens (tertiary/aromatic N) is 2. The lowest BCUT2D eigenvalue weighted by Gasteiger charge is -2.35. The second-order valence-corrected chi connectivity index (χ2v) is 12.3.